The normalized spacial score (nSPS) is 21.5. The molecule has 3 heterocycles. The number of likely N-dealkylation sites (tertiary alicyclic amines) is 1. The van der Waals surface area contributed by atoms with Gasteiger partial charge in [0.2, 0.25) is 17.7 Å². The van der Waals surface area contributed by atoms with Gasteiger partial charge in [0.1, 0.15) is 11.9 Å². The number of hydrogen-bond acceptors (Lipinski definition) is 6. The van der Waals surface area contributed by atoms with Gasteiger partial charge in [-0.2, -0.15) is 5.10 Å². The lowest BCUT2D eigenvalue weighted by atomic mass is 10.1. The van der Waals surface area contributed by atoms with Crippen molar-refractivity contribution in [3.63, 3.8) is 0 Å². The number of carbonyl (C=O) groups is 2. The number of aryl methyl sites for hydroxylation is 1. The lowest BCUT2D eigenvalue weighted by Gasteiger charge is -2.21. The number of benzene rings is 1. The third-order valence-corrected chi connectivity index (χ3v) is 5.38. The van der Waals surface area contributed by atoms with E-state index in [1.807, 2.05) is 37.3 Å². The zero-order valence-electron chi connectivity index (χ0n) is 16.6. The molecule has 0 spiro atoms. The lowest BCUT2D eigenvalue weighted by molar-refractivity contribution is -0.135. The van der Waals surface area contributed by atoms with Gasteiger partial charge in [0.05, 0.1) is 25.3 Å². The molecule has 2 atom stereocenters. The second-order valence-electron chi connectivity index (χ2n) is 7.43. The lowest BCUT2D eigenvalue weighted by Crippen LogP contribution is -2.37. The molecule has 1 aromatic heterocycles. The summed E-state index contributed by atoms with van der Waals surface area (Å²) in [6.45, 7) is 3.39. The second-order valence-corrected chi connectivity index (χ2v) is 7.43. The molecule has 4 rings (SSSR count). The van der Waals surface area contributed by atoms with E-state index in [2.05, 4.69) is 10.2 Å². The molecule has 2 amide bonds. The molecule has 29 heavy (non-hydrogen) atoms. The SMILES string of the molecule is COc1ccc(N2C[C@@H](C(=O)N3CC[C@H](Oc4ccc(C)nn4)C3)CC2=O)cc1. The van der Waals surface area contributed by atoms with E-state index >= 15 is 0 Å². The molecule has 0 aliphatic carbocycles. The summed E-state index contributed by atoms with van der Waals surface area (Å²) >= 11 is 0. The van der Waals surface area contributed by atoms with Gasteiger partial charge in [0, 0.05) is 37.7 Å². The third-order valence-electron chi connectivity index (χ3n) is 5.38. The van der Waals surface area contributed by atoms with Crippen molar-refractivity contribution in [2.75, 3.05) is 31.6 Å². The standard InChI is InChI=1S/C21H24N4O4/c1-14-3-8-19(23-22-14)29-18-9-10-24(13-18)21(27)15-11-20(26)25(12-15)16-4-6-17(28-2)7-5-16/h3-8,15,18H,9-13H2,1-2H3/t15-,18-/m0/s1. The maximum atomic E-state index is 13.0. The van der Waals surface area contributed by atoms with Crippen LogP contribution >= 0.6 is 0 Å². The molecule has 2 aliphatic rings. The summed E-state index contributed by atoms with van der Waals surface area (Å²) in [5.74, 6) is 0.847. The third kappa shape index (κ3) is 4.16. The predicted octanol–water partition coefficient (Wildman–Crippen LogP) is 1.83. The van der Waals surface area contributed by atoms with Crippen molar-refractivity contribution in [1.82, 2.24) is 15.1 Å². The van der Waals surface area contributed by atoms with Gasteiger partial charge >= 0.3 is 0 Å². The first-order valence-electron chi connectivity index (χ1n) is 9.73. The molecular weight excluding hydrogens is 372 g/mol. The largest absolute Gasteiger partial charge is 0.497 e. The van der Waals surface area contributed by atoms with Crippen molar-refractivity contribution >= 4 is 17.5 Å². The minimum Gasteiger partial charge on any atom is -0.497 e. The number of aromatic nitrogens is 2. The Labute approximate surface area is 169 Å². The van der Waals surface area contributed by atoms with Gasteiger partial charge in [0.25, 0.3) is 0 Å². The summed E-state index contributed by atoms with van der Waals surface area (Å²) < 4.78 is 11.0. The van der Waals surface area contributed by atoms with Gasteiger partial charge in [-0.3, -0.25) is 9.59 Å². The first-order chi connectivity index (χ1) is 14.0. The van der Waals surface area contributed by atoms with Crippen LogP contribution in [-0.4, -0.2) is 59.8 Å². The van der Waals surface area contributed by atoms with E-state index in [9.17, 15) is 9.59 Å². The van der Waals surface area contributed by atoms with Crippen LogP contribution < -0.4 is 14.4 Å². The Morgan fingerprint density at radius 1 is 1.10 bits per heavy atom. The highest BCUT2D eigenvalue weighted by molar-refractivity contribution is 6.00. The molecular formula is C21H24N4O4. The van der Waals surface area contributed by atoms with Gasteiger partial charge < -0.3 is 19.3 Å². The Morgan fingerprint density at radius 2 is 1.90 bits per heavy atom. The van der Waals surface area contributed by atoms with Crippen molar-refractivity contribution < 1.29 is 19.1 Å². The number of amides is 2. The van der Waals surface area contributed by atoms with Gasteiger partial charge in [-0.15, -0.1) is 5.10 Å². The fraction of sp³-hybridized carbons (Fsp3) is 0.429. The topological polar surface area (TPSA) is 84.9 Å². The number of anilines is 1. The Morgan fingerprint density at radius 3 is 2.59 bits per heavy atom. The fourth-order valence-electron chi connectivity index (χ4n) is 3.79. The molecule has 0 N–H and O–H groups in total. The quantitative estimate of drug-likeness (QED) is 0.767. The zero-order chi connectivity index (χ0) is 20.4. The Kier molecular flexibility index (Phi) is 5.33. The highest BCUT2D eigenvalue weighted by atomic mass is 16.5. The van der Waals surface area contributed by atoms with E-state index < -0.39 is 0 Å². The number of methoxy groups -OCH3 is 1. The summed E-state index contributed by atoms with van der Waals surface area (Å²) in [5, 5.41) is 8.01. The highest BCUT2D eigenvalue weighted by Crippen LogP contribution is 2.29. The summed E-state index contributed by atoms with van der Waals surface area (Å²) in [6, 6.07) is 10.9. The molecule has 1 aromatic carbocycles. The molecule has 2 fully saturated rings. The Balaban J connectivity index is 1.35. The van der Waals surface area contributed by atoms with Crippen LogP contribution in [0, 0.1) is 12.8 Å². The van der Waals surface area contributed by atoms with Gasteiger partial charge in [-0.05, 0) is 37.3 Å². The summed E-state index contributed by atoms with van der Waals surface area (Å²) in [4.78, 5) is 28.9. The van der Waals surface area contributed by atoms with Gasteiger partial charge in [0.15, 0.2) is 0 Å². The predicted molar refractivity (Wildman–Crippen MR) is 106 cm³/mol. The van der Waals surface area contributed by atoms with Crippen molar-refractivity contribution in [2.24, 2.45) is 5.92 Å². The maximum absolute atomic E-state index is 13.0. The fourth-order valence-corrected chi connectivity index (χ4v) is 3.79. The minimum absolute atomic E-state index is 0.00968. The smallest absolute Gasteiger partial charge is 0.233 e. The Bertz CT molecular complexity index is 885. The van der Waals surface area contributed by atoms with Crippen LogP contribution in [0.3, 0.4) is 0 Å². The molecule has 8 heteroatoms. The summed E-state index contributed by atoms with van der Waals surface area (Å²) in [5.41, 5.74) is 1.61. The number of ether oxygens (including phenoxy) is 2. The van der Waals surface area contributed by atoms with Crippen LogP contribution in [-0.2, 0) is 9.59 Å². The van der Waals surface area contributed by atoms with Crippen molar-refractivity contribution in [3.8, 4) is 11.6 Å². The molecule has 2 aromatic rings. The summed E-state index contributed by atoms with van der Waals surface area (Å²) in [7, 11) is 1.60. The average molecular weight is 396 g/mol. The molecule has 0 radical (unpaired) electrons. The second kappa shape index (κ2) is 8.06. The van der Waals surface area contributed by atoms with Crippen LogP contribution in [0.5, 0.6) is 11.6 Å². The molecule has 2 aliphatic heterocycles. The minimum atomic E-state index is -0.331. The molecule has 0 unspecified atom stereocenters. The van der Waals surface area contributed by atoms with E-state index in [4.69, 9.17) is 9.47 Å². The first-order valence-corrected chi connectivity index (χ1v) is 9.73. The van der Waals surface area contributed by atoms with Crippen LogP contribution in [0.25, 0.3) is 0 Å². The molecule has 2 saturated heterocycles. The molecule has 8 nitrogen and oxygen atoms in total. The average Bonchev–Trinajstić information content (AvgIpc) is 3.36. The van der Waals surface area contributed by atoms with Crippen molar-refractivity contribution in [2.45, 2.75) is 25.9 Å². The van der Waals surface area contributed by atoms with Gasteiger partial charge in [-0.25, -0.2) is 0 Å². The zero-order valence-corrected chi connectivity index (χ0v) is 16.6. The van der Waals surface area contributed by atoms with Crippen LogP contribution in [0.1, 0.15) is 18.5 Å². The number of rotatable bonds is 5. The van der Waals surface area contributed by atoms with E-state index in [0.717, 1.165) is 23.6 Å². The number of carbonyl (C=O) groups excluding carboxylic acids is 2. The maximum Gasteiger partial charge on any atom is 0.233 e. The highest BCUT2D eigenvalue weighted by Gasteiger charge is 2.39. The molecule has 0 bridgehead atoms. The van der Waals surface area contributed by atoms with Crippen molar-refractivity contribution in [3.05, 3.63) is 42.1 Å². The van der Waals surface area contributed by atoms with Crippen LogP contribution in [0.15, 0.2) is 36.4 Å². The van der Waals surface area contributed by atoms with E-state index in [1.54, 1.807) is 23.0 Å². The monoisotopic (exact) mass is 396 g/mol. The molecule has 152 valence electrons. The first kappa shape index (κ1) is 19.2. The van der Waals surface area contributed by atoms with Gasteiger partial charge in [-0.1, -0.05) is 0 Å². The van der Waals surface area contributed by atoms with Crippen molar-refractivity contribution in [1.29, 1.82) is 0 Å². The van der Waals surface area contributed by atoms with E-state index in [0.29, 0.717) is 25.5 Å². The number of nitrogens with zero attached hydrogens (tertiary/aromatic N) is 4. The van der Waals surface area contributed by atoms with E-state index in [-0.39, 0.29) is 30.3 Å². The van der Waals surface area contributed by atoms with E-state index in [1.165, 1.54) is 0 Å². The number of hydrogen-bond donors (Lipinski definition) is 0. The molecule has 0 saturated carbocycles. The summed E-state index contributed by atoms with van der Waals surface area (Å²) in [6.07, 6.45) is 0.867. The Hall–Kier alpha value is -3.16. The van der Waals surface area contributed by atoms with Crippen LogP contribution in [0.4, 0.5) is 5.69 Å². The van der Waals surface area contributed by atoms with Crippen LogP contribution in [0.2, 0.25) is 0 Å².